The molecule has 0 spiro atoms. The number of nitrogens with zero attached hydrogens (tertiary/aromatic N) is 1. The minimum atomic E-state index is -1.57. The van der Waals surface area contributed by atoms with Crippen molar-refractivity contribution in [3.63, 3.8) is 0 Å². The number of carboxylic acids is 3. The second-order valence-corrected chi connectivity index (χ2v) is 6.26. The largest absolute Gasteiger partial charge is 0.481 e. The Morgan fingerprint density at radius 1 is 0.750 bits per heavy atom. The van der Waals surface area contributed by atoms with Crippen LogP contribution >= 0.6 is 0 Å². The summed E-state index contributed by atoms with van der Waals surface area (Å²) in [4.78, 5) is 58.7. The van der Waals surface area contributed by atoms with Crippen LogP contribution in [0.5, 0.6) is 0 Å². The van der Waals surface area contributed by atoms with E-state index in [1.807, 2.05) is 0 Å². The molecule has 0 aliphatic carbocycles. The second kappa shape index (κ2) is 12.8. The fourth-order valence-corrected chi connectivity index (χ4v) is 2.42. The summed E-state index contributed by atoms with van der Waals surface area (Å²) in [5.41, 5.74) is 16.7. The molecule has 12 nitrogen and oxygen atoms in total. The van der Waals surface area contributed by atoms with E-state index in [0.29, 0.717) is 17.7 Å². The number of aliphatic carboxylic acids is 3. The quantitative estimate of drug-likeness (QED) is 0.179. The lowest BCUT2D eigenvalue weighted by atomic mass is 10.0. The number of amides is 2. The SMILES string of the molecule is NCCCC[C@@H](C(=O)O)N(C(=O)[C@@H](N)CCC(=O)O)C(=O)[C@@H](N)CCC(=O)O. The summed E-state index contributed by atoms with van der Waals surface area (Å²) < 4.78 is 0. The van der Waals surface area contributed by atoms with Gasteiger partial charge in [0.25, 0.3) is 0 Å². The molecule has 0 rings (SSSR count). The summed E-state index contributed by atoms with van der Waals surface area (Å²) in [7, 11) is 0. The van der Waals surface area contributed by atoms with E-state index < -0.39 is 60.7 Å². The molecule has 0 aromatic heterocycles. The van der Waals surface area contributed by atoms with Crippen molar-refractivity contribution < 1.29 is 39.3 Å². The van der Waals surface area contributed by atoms with Crippen molar-refractivity contribution in [2.75, 3.05) is 6.54 Å². The predicted molar refractivity (Wildman–Crippen MR) is 95.9 cm³/mol. The van der Waals surface area contributed by atoms with Crippen LogP contribution in [0, 0.1) is 0 Å². The first-order valence-corrected chi connectivity index (χ1v) is 8.77. The molecule has 28 heavy (non-hydrogen) atoms. The molecule has 9 N–H and O–H groups in total. The Morgan fingerprint density at radius 2 is 1.18 bits per heavy atom. The van der Waals surface area contributed by atoms with Crippen LogP contribution in [-0.2, 0) is 24.0 Å². The van der Waals surface area contributed by atoms with E-state index in [4.69, 9.17) is 27.4 Å². The van der Waals surface area contributed by atoms with Crippen LogP contribution in [0.1, 0.15) is 44.9 Å². The van der Waals surface area contributed by atoms with Crippen molar-refractivity contribution in [3.05, 3.63) is 0 Å². The Morgan fingerprint density at radius 3 is 1.50 bits per heavy atom. The van der Waals surface area contributed by atoms with E-state index in [1.165, 1.54) is 0 Å². The minimum Gasteiger partial charge on any atom is -0.481 e. The number of hydrogen-bond acceptors (Lipinski definition) is 8. The molecule has 0 fully saturated rings. The van der Waals surface area contributed by atoms with Gasteiger partial charge in [0.2, 0.25) is 11.8 Å². The maximum atomic E-state index is 12.6. The summed E-state index contributed by atoms with van der Waals surface area (Å²) in [6, 6.07) is -4.43. The van der Waals surface area contributed by atoms with Gasteiger partial charge in [-0.05, 0) is 38.6 Å². The summed E-state index contributed by atoms with van der Waals surface area (Å²) in [5, 5.41) is 26.9. The van der Waals surface area contributed by atoms with E-state index in [9.17, 15) is 29.1 Å². The second-order valence-electron chi connectivity index (χ2n) is 6.26. The van der Waals surface area contributed by atoms with E-state index in [2.05, 4.69) is 0 Å². The van der Waals surface area contributed by atoms with Gasteiger partial charge in [0.05, 0.1) is 12.1 Å². The van der Waals surface area contributed by atoms with Gasteiger partial charge in [0.15, 0.2) is 0 Å². The lowest BCUT2D eigenvalue weighted by molar-refractivity contribution is -0.159. The fraction of sp³-hybridized carbons (Fsp3) is 0.688. The third-order valence-electron chi connectivity index (χ3n) is 3.98. The number of rotatable bonds is 14. The molecule has 0 unspecified atom stereocenters. The number of carbonyl (C=O) groups is 5. The highest BCUT2D eigenvalue weighted by molar-refractivity contribution is 6.03. The Hall–Kier alpha value is -2.57. The zero-order valence-electron chi connectivity index (χ0n) is 15.5. The van der Waals surface area contributed by atoms with Gasteiger partial charge in [0, 0.05) is 12.8 Å². The van der Waals surface area contributed by atoms with Crippen molar-refractivity contribution in [2.24, 2.45) is 17.2 Å². The van der Waals surface area contributed by atoms with E-state index >= 15 is 0 Å². The van der Waals surface area contributed by atoms with Gasteiger partial charge in [0.1, 0.15) is 6.04 Å². The zero-order valence-corrected chi connectivity index (χ0v) is 15.5. The lowest BCUT2D eigenvalue weighted by Gasteiger charge is -2.31. The van der Waals surface area contributed by atoms with Gasteiger partial charge in [-0.2, -0.15) is 0 Å². The molecule has 0 aromatic carbocycles. The zero-order chi connectivity index (χ0) is 21.9. The van der Waals surface area contributed by atoms with Crippen molar-refractivity contribution in [1.29, 1.82) is 0 Å². The van der Waals surface area contributed by atoms with Gasteiger partial charge < -0.3 is 32.5 Å². The number of imide groups is 1. The van der Waals surface area contributed by atoms with Crippen molar-refractivity contribution >= 4 is 29.7 Å². The lowest BCUT2D eigenvalue weighted by Crippen LogP contribution is -2.58. The maximum absolute atomic E-state index is 12.6. The molecule has 0 aliphatic rings. The predicted octanol–water partition coefficient (Wildman–Crippen LogP) is -1.69. The molecule has 0 aromatic rings. The van der Waals surface area contributed by atoms with Crippen LogP contribution in [-0.4, -0.2) is 74.6 Å². The fourth-order valence-electron chi connectivity index (χ4n) is 2.42. The first kappa shape index (κ1) is 25.4. The van der Waals surface area contributed by atoms with Crippen LogP contribution in [0.25, 0.3) is 0 Å². The number of hydrogen-bond donors (Lipinski definition) is 6. The minimum absolute atomic E-state index is 0.0959. The maximum Gasteiger partial charge on any atom is 0.326 e. The standard InChI is InChI=1S/C16H28N4O8/c17-8-2-1-3-11(16(27)28)20(14(25)9(18)4-6-12(21)22)15(26)10(19)5-7-13(23)24/h9-11H,1-8,17-19H2,(H,21,22)(H,23,24)(H,27,28)/t9-,10-,11-/m0/s1. The first-order chi connectivity index (χ1) is 13.0. The Kier molecular flexibility index (Phi) is 11.6. The van der Waals surface area contributed by atoms with Crippen LogP contribution < -0.4 is 17.2 Å². The van der Waals surface area contributed by atoms with Crippen LogP contribution in [0.4, 0.5) is 0 Å². The first-order valence-electron chi connectivity index (χ1n) is 8.77. The molecular formula is C16H28N4O8. The molecular weight excluding hydrogens is 376 g/mol. The third kappa shape index (κ3) is 8.88. The molecule has 12 heteroatoms. The van der Waals surface area contributed by atoms with Gasteiger partial charge in [-0.25, -0.2) is 4.79 Å². The normalized spacial score (nSPS) is 14.0. The summed E-state index contributed by atoms with van der Waals surface area (Å²) in [6.45, 7) is 0.282. The highest BCUT2D eigenvalue weighted by Gasteiger charge is 2.38. The topological polar surface area (TPSA) is 227 Å². The van der Waals surface area contributed by atoms with Crippen molar-refractivity contribution in [3.8, 4) is 0 Å². The van der Waals surface area contributed by atoms with E-state index in [1.54, 1.807) is 0 Å². The third-order valence-corrected chi connectivity index (χ3v) is 3.98. The molecule has 3 atom stereocenters. The number of carbonyl (C=O) groups excluding carboxylic acids is 2. The Balaban J connectivity index is 5.61. The number of unbranched alkanes of at least 4 members (excludes halogenated alkanes) is 1. The molecule has 0 aliphatic heterocycles. The van der Waals surface area contributed by atoms with Crippen LogP contribution in [0.3, 0.4) is 0 Å². The van der Waals surface area contributed by atoms with Gasteiger partial charge >= 0.3 is 17.9 Å². The highest BCUT2D eigenvalue weighted by atomic mass is 16.4. The van der Waals surface area contributed by atoms with Crippen LogP contribution in [0.2, 0.25) is 0 Å². The molecule has 0 heterocycles. The molecule has 160 valence electrons. The van der Waals surface area contributed by atoms with E-state index in [0.717, 1.165) is 0 Å². The van der Waals surface area contributed by atoms with E-state index in [-0.39, 0.29) is 25.8 Å². The average Bonchev–Trinajstić information content (AvgIpc) is 2.62. The number of nitrogens with two attached hydrogens (primary N) is 3. The van der Waals surface area contributed by atoms with Gasteiger partial charge in [-0.1, -0.05) is 0 Å². The highest BCUT2D eigenvalue weighted by Crippen LogP contribution is 2.15. The van der Waals surface area contributed by atoms with Gasteiger partial charge in [-0.15, -0.1) is 0 Å². The monoisotopic (exact) mass is 404 g/mol. The number of carboxylic acid groups (broad SMARTS) is 3. The van der Waals surface area contributed by atoms with Crippen molar-refractivity contribution in [2.45, 2.75) is 63.1 Å². The van der Waals surface area contributed by atoms with Gasteiger partial charge in [-0.3, -0.25) is 24.1 Å². The Labute approximate surface area is 161 Å². The molecule has 0 saturated heterocycles. The average molecular weight is 404 g/mol. The summed E-state index contributed by atoms with van der Waals surface area (Å²) in [6.07, 6.45) is -0.860. The molecule has 0 saturated carbocycles. The molecule has 0 bridgehead atoms. The smallest absolute Gasteiger partial charge is 0.326 e. The van der Waals surface area contributed by atoms with Crippen LogP contribution in [0.15, 0.2) is 0 Å². The summed E-state index contributed by atoms with van der Waals surface area (Å²) in [5.74, 6) is -6.03. The summed E-state index contributed by atoms with van der Waals surface area (Å²) >= 11 is 0. The Bertz CT molecular complexity index is 547. The van der Waals surface area contributed by atoms with Crippen molar-refractivity contribution in [1.82, 2.24) is 4.90 Å². The molecule has 0 radical (unpaired) electrons. The molecule has 2 amide bonds.